The van der Waals surface area contributed by atoms with Gasteiger partial charge in [0.05, 0.1) is 5.56 Å². The number of phenols is 1. The zero-order valence-corrected chi connectivity index (χ0v) is 15.4. The number of aromatic nitrogens is 1. The molecule has 0 radical (unpaired) electrons. The second-order valence-electron chi connectivity index (χ2n) is 6.85. The van der Waals surface area contributed by atoms with Crippen LogP contribution >= 0.6 is 0 Å². The maximum Gasteiger partial charge on any atom is 0.200 e. The van der Waals surface area contributed by atoms with E-state index in [9.17, 15) is 23.5 Å². The zero-order chi connectivity index (χ0) is 20.4. The van der Waals surface area contributed by atoms with Crippen LogP contribution in [0.2, 0.25) is 0 Å². The van der Waals surface area contributed by atoms with Crippen LogP contribution in [0, 0.1) is 11.6 Å². The zero-order valence-electron chi connectivity index (χ0n) is 15.4. The van der Waals surface area contributed by atoms with Crippen molar-refractivity contribution >= 4 is 5.78 Å². The van der Waals surface area contributed by atoms with Gasteiger partial charge in [-0.05, 0) is 49.2 Å². The highest BCUT2D eigenvalue weighted by atomic mass is 19.1. The maximum absolute atomic E-state index is 13.5. The molecule has 144 valence electrons. The topological polar surface area (TPSA) is 59.3 Å². The molecule has 0 amide bonds. The maximum atomic E-state index is 13.5. The number of hydrogen-bond donors (Lipinski definition) is 1. The molecule has 6 heteroatoms. The van der Waals surface area contributed by atoms with Crippen LogP contribution in [0.5, 0.6) is 5.75 Å². The van der Waals surface area contributed by atoms with E-state index >= 15 is 0 Å². The van der Waals surface area contributed by atoms with Gasteiger partial charge in [0.15, 0.2) is 22.8 Å². The number of halogens is 2. The van der Waals surface area contributed by atoms with E-state index in [4.69, 9.17) is 0 Å². The summed E-state index contributed by atoms with van der Waals surface area (Å²) in [4.78, 5) is 25.7. The fourth-order valence-electron chi connectivity index (χ4n) is 2.87. The number of Topliss-reactive ketones (excluding diaryl/α,β-unsaturated/α-hetero) is 1. The van der Waals surface area contributed by atoms with Crippen molar-refractivity contribution in [1.82, 2.24) is 4.57 Å². The highest BCUT2D eigenvalue weighted by Gasteiger charge is 2.18. The van der Waals surface area contributed by atoms with E-state index in [1.165, 1.54) is 42.6 Å². The summed E-state index contributed by atoms with van der Waals surface area (Å²) in [7, 11) is 0. The molecule has 3 aromatic rings. The molecule has 28 heavy (non-hydrogen) atoms. The van der Waals surface area contributed by atoms with Crippen molar-refractivity contribution in [2.75, 3.05) is 0 Å². The number of ketones is 1. The predicted molar refractivity (Wildman–Crippen MR) is 103 cm³/mol. The van der Waals surface area contributed by atoms with Gasteiger partial charge in [0, 0.05) is 30.4 Å². The third kappa shape index (κ3) is 4.01. The summed E-state index contributed by atoms with van der Waals surface area (Å²) in [5, 5.41) is 9.28. The molecule has 0 fully saturated rings. The molecule has 0 saturated heterocycles. The Kier molecular flexibility index (Phi) is 5.40. The first kappa shape index (κ1) is 19.5. The Morgan fingerprint density at radius 3 is 2.36 bits per heavy atom. The lowest BCUT2D eigenvalue weighted by molar-refractivity contribution is 0.0991. The molecule has 0 aliphatic rings. The average Bonchev–Trinajstić information content (AvgIpc) is 2.65. The fourth-order valence-corrected chi connectivity index (χ4v) is 2.87. The average molecular weight is 383 g/mol. The molecule has 0 aliphatic carbocycles. The quantitative estimate of drug-likeness (QED) is 0.660. The first-order chi connectivity index (χ1) is 13.3. The summed E-state index contributed by atoms with van der Waals surface area (Å²) in [6, 6.07) is 9.13. The standard InChI is InChI=1S/C22H19F2NO3/c1-13(2)25-11-17(15-4-6-16(23)7-5-15)22(28)18(12-25)21(27)10-14-3-8-20(26)19(24)9-14/h3-9,11-13,26H,10H2,1-2H3. The molecule has 3 rings (SSSR count). The van der Waals surface area contributed by atoms with Crippen molar-refractivity contribution in [1.29, 1.82) is 0 Å². The Bertz CT molecular complexity index is 1090. The van der Waals surface area contributed by atoms with Crippen molar-refractivity contribution in [2.45, 2.75) is 26.3 Å². The molecule has 0 atom stereocenters. The van der Waals surface area contributed by atoms with Gasteiger partial charge in [0.25, 0.3) is 0 Å². The third-order valence-electron chi connectivity index (χ3n) is 4.47. The highest BCUT2D eigenvalue weighted by Crippen LogP contribution is 2.20. The summed E-state index contributed by atoms with van der Waals surface area (Å²) in [6.45, 7) is 3.81. The third-order valence-corrected chi connectivity index (χ3v) is 4.47. The van der Waals surface area contributed by atoms with E-state index in [0.29, 0.717) is 11.1 Å². The van der Waals surface area contributed by atoms with E-state index in [0.717, 1.165) is 6.07 Å². The van der Waals surface area contributed by atoms with Gasteiger partial charge in [-0.3, -0.25) is 9.59 Å². The summed E-state index contributed by atoms with van der Waals surface area (Å²) in [5.41, 5.74) is 0.655. The minimum absolute atomic E-state index is 0.0162. The van der Waals surface area contributed by atoms with Gasteiger partial charge in [0.2, 0.25) is 0 Å². The second-order valence-corrected chi connectivity index (χ2v) is 6.85. The number of aromatic hydroxyl groups is 1. The number of phenolic OH excluding ortho intramolecular Hbond substituents is 1. The van der Waals surface area contributed by atoms with Crippen LogP contribution in [0.15, 0.2) is 59.7 Å². The lowest BCUT2D eigenvalue weighted by Gasteiger charge is -2.15. The van der Waals surface area contributed by atoms with Gasteiger partial charge >= 0.3 is 0 Å². The van der Waals surface area contributed by atoms with Crippen LogP contribution in [0.25, 0.3) is 11.1 Å². The van der Waals surface area contributed by atoms with Crippen molar-refractivity contribution in [3.63, 3.8) is 0 Å². The molecule has 0 bridgehead atoms. The number of rotatable bonds is 5. The molecule has 0 aliphatic heterocycles. The number of pyridine rings is 1. The van der Waals surface area contributed by atoms with Crippen LogP contribution in [-0.2, 0) is 6.42 Å². The fraction of sp³-hybridized carbons (Fsp3) is 0.182. The van der Waals surface area contributed by atoms with E-state index < -0.39 is 28.6 Å². The molecule has 1 aromatic heterocycles. The highest BCUT2D eigenvalue weighted by molar-refractivity contribution is 5.98. The van der Waals surface area contributed by atoms with E-state index in [2.05, 4.69) is 0 Å². The van der Waals surface area contributed by atoms with Gasteiger partial charge in [-0.1, -0.05) is 18.2 Å². The number of carbonyl (C=O) groups excluding carboxylic acids is 1. The molecule has 1 N–H and O–H groups in total. The summed E-state index contributed by atoms with van der Waals surface area (Å²) in [5.74, 6) is -2.22. The van der Waals surface area contributed by atoms with Crippen molar-refractivity contribution < 1.29 is 18.7 Å². The van der Waals surface area contributed by atoms with Crippen LogP contribution in [0.3, 0.4) is 0 Å². The van der Waals surface area contributed by atoms with E-state index in [1.54, 1.807) is 10.8 Å². The van der Waals surface area contributed by atoms with Crippen LogP contribution in [0.4, 0.5) is 8.78 Å². The first-order valence-electron chi connectivity index (χ1n) is 8.78. The summed E-state index contributed by atoms with van der Waals surface area (Å²) >= 11 is 0. The second kappa shape index (κ2) is 7.76. The molecule has 1 heterocycles. The lowest BCUT2D eigenvalue weighted by atomic mass is 9.99. The van der Waals surface area contributed by atoms with Crippen LogP contribution in [0.1, 0.15) is 35.8 Å². The number of benzene rings is 2. The molecule has 0 spiro atoms. The van der Waals surface area contributed by atoms with Gasteiger partial charge < -0.3 is 9.67 Å². The molecule has 0 unspecified atom stereocenters. The Hall–Kier alpha value is -3.28. The Labute approximate surface area is 160 Å². The SMILES string of the molecule is CC(C)n1cc(C(=O)Cc2ccc(O)c(F)c2)c(=O)c(-c2ccc(F)cc2)c1. The van der Waals surface area contributed by atoms with E-state index in [1.807, 2.05) is 13.8 Å². The number of hydrogen-bond acceptors (Lipinski definition) is 3. The minimum Gasteiger partial charge on any atom is -0.505 e. The smallest absolute Gasteiger partial charge is 0.200 e. The predicted octanol–water partition coefficient (Wildman–Crippen LogP) is 4.51. The largest absolute Gasteiger partial charge is 0.505 e. The van der Waals surface area contributed by atoms with Gasteiger partial charge in [-0.15, -0.1) is 0 Å². The van der Waals surface area contributed by atoms with E-state index in [-0.39, 0.29) is 23.6 Å². The molecule has 0 saturated carbocycles. The van der Waals surface area contributed by atoms with Crippen LogP contribution < -0.4 is 5.43 Å². The van der Waals surface area contributed by atoms with Crippen molar-refractivity contribution in [2.24, 2.45) is 0 Å². The Morgan fingerprint density at radius 2 is 1.75 bits per heavy atom. The van der Waals surface area contributed by atoms with Crippen LogP contribution in [-0.4, -0.2) is 15.5 Å². The Morgan fingerprint density at radius 1 is 1.07 bits per heavy atom. The number of carbonyl (C=O) groups is 1. The molecule has 4 nitrogen and oxygen atoms in total. The summed E-state index contributed by atoms with van der Waals surface area (Å²) in [6.07, 6.45) is 2.94. The first-order valence-corrected chi connectivity index (χ1v) is 8.78. The monoisotopic (exact) mass is 383 g/mol. The normalized spacial score (nSPS) is 11.0. The molecular formula is C22H19F2NO3. The minimum atomic E-state index is -0.829. The molecule has 2 aromatic carbocycles. The number of nitrogens with zero attached hydrogens (tertiary/aromatic N) is 1. The molecular weight excluding hydrogens is 364 g/mol. The lowest BCUT2D eigenvalue weighted by Crippen LogP contribution is -2.22. The summed E-state index contributed by atoms with van der Waals surface area (Å²) < 4.78 is 28.5. The Balaban J connectivity index is 2.06. The van der Waals surface area contributed by atoms with Crippen molar-refractivity contribution in [3.05, 3.63) is 87.8 Å². The van der Waals surface area contributed by atoms with Gasteiger partial charge in [-0.25, -0.2) is 8.78 Å². The van der Waals surface area contributed by atoms with Gasteiger partial charge in [0.1, 0.15) is 5.82 Å². The van der Waals surface area contributed by atoms with Crippen molar-refractivity contribution in [3.8, 4) is 16.9 Å². The van der Waals surface area contributed by atoms with Gasteiger partial charge in [-0.2, -0.15) is 0 Å².